The number of benzene rings is 1. The lowest BCUT2D eigenvalue weighted by Crippen LogP contribution is -2.25. The van der Waals surface area contributed by atoms with Crippen LogP contribution < -0.4 is 10.1 Å². The molecule has 0 bridgehead atoms. The largest absolute Gasteiger partial charge is 0.496 e. The van der Waals surface area contributed by atoms with Crippen LogP contribution >= 0.6 is 0 Å². The summed E-state index contributed by atoms with van der Waals surface area (Å²) in [7, 11) is 1.66. The number of ether oxygens (including phenoxy) is 1. The van der Waals surface area contributed by atoms with Gasteiger partial charge in [0.1, 0.15) is 17.1 Å². The number of carbonyl (C=O) groups is 1. The van der Waals surface area contributed by atoms with Crippen molar-refractivity contribution in [2.45, 2.75) is 19.8 Å². The molecule has 1 aromatic carbocycles. The first-order chi connectivity index (χ1) is 11.6. The van der Waals surface area contributed by atoms with Crippen LogP contribution in [0, 0.1) is 0 Å². The highest BCUT2D eigenvalue weighted by molar-refractivity contribution is 6.19. The Morgan fingerprint density at radius 2 is 2.04 bits per heavy atom. The van der Waals surface area contributed by atoms with Gasteiger partial charge in [-0.3, -0.25) is 9.78 Å². The molecule has 122 valence electrons. The van der Waals surface area contributed by atoms with Crippen molar-refractivity contribution < 1.29 is 9.53 Å². The van der Waals surface area contributed by atoms with E-state index in [9.17, 15) is 4.79 Å². The fourth-order valence-corrected chi connectivity index (χ4v) is 2.54. The number of nitrogens with zero attached hydrogens (tertiary/aromatic N) is 2. The third-order valence-electron chi connectivity index (χ3n) is 3.78. The summed E-state index contributed by atoms with van der Waals surface area (Å²) in [6.07, 6.45) is 3.45. The molecule has 1 aliphatic heterocycles. The molecule has 1 amide bonds. The number of hydrogen-bond donors (Lipinski definition) is 1. The zero-order valence-corrected chi connectivity index (χ0v) is 13.9. The smallest absolute Gasteiger partial charge is 0.275 e. The fraction of sp³-hybridized carbons (Fsp3) is 0.211. The SMILES string of the molecule is COc1ccc(/C=C2/N=C(c3ccccn3)NC2=O)cc1C(C)C. The number of aliphatic imine (C=N–C) groups is 1. The van der Waals surface area contributed by atoms with Crippen LogP contribution in [0.15, 0.2) is 53.3 Å². The van der Waals surface area contributed by atoms with Gasteiger partial charge in [0, 0.05) is 6.20 Å². The van der Waals surface area contributed by atoms with E-state index in [2.05, 4.69) is 29.1 Å². The van der Waals surface area contributed by atoms with Crippen molar-refractivity contribution in [3.63, 3.8) is 0 Å². The predicted octanol–water partition coefficient (Wildman–Crippen LogP) is 3.13. The van der Waals surface area contributed by atoms with Gasteiger partial charge in [0.05, 0.1) is 7.11 Å². The summed E-state index contributed by atoms with van der Waals surface area (Å²) >= 11 is 0. The zero-order valence-electron chi connectivity index (χ0n) is 13.9. The molecule has 5 nitrogen and oxygen atoms in total. The number of hydrogen-bond acceptors (Lipinski definition) is 4. The quantitative estimate of drug-likeness (QED) is 0.880. The van der Waals surface area contributed by atoms with Crippen LogP contribution in [-0.2, 0) is 4.79 Å². The van der Waals surface area contributed by atoms with E-state index in [1.807, 2.05) is 36.4 Å². The number of amidine groups is 1. The van der Waals surface area contributed by atoms with Crippen LogP contribution in [0.4, 0.5) is 0 Å². The zero-order chi connectivity index (χ0) is 17.1. The standard InChI is InChI=1S/C19H19N3O2/c1-12(2)14-10-13(7-8-17(14)24-3)11-16-19(23)22-18(21-16)15-6-4-5-9-20-15/h4-12H,1-3H3,(H,21,22,23)/b16-11+. The van der Waals surface area contributed by atoms with Crippen LogP contribution in [0.25, 0.3) is 6.08 Å². The third-order valence-corrected chi connectivity index (χ3v) is 3.78. The maximum absolute atomic E-state index is 12.2. The molecule has 24 heavy (non-hydrogen) atoms. The Hall–Kier alpha value is -2.95. The highest BCUT2D eigenvalue weighted by atomic mass is 16.5. The number of methoxy groups -OCH3 is 1. The summed E-state index contributed by atoms with van der Waals surface area (Å²) in [5, 5.41) is 2.76. The molecule has 0 spiro atoms. The molecule has 0 aliphatic carbocycles. The van der Waals surface area contributed by atoms with Gasteiger partial charge in [0.25, 0.3) is 5.91 Å². The summed E-state index contributed by atoms with van der Waals surface area (Å²) in [6.45, 7) is 4.21. The first-order valence-corrected chi connectivity index (χ1v) is 7.79. The van der Waals surface area contributed by atoms with Gasteiger partial charge in [-0.1, -0.05) is 26.0 Å². The van der Waals surface area contributed by atoms with Crippen molar-refractivity contribution in [1.82, 2.24) is 10.3 Å². The Morgan fingerprint density at radius 1 is 1.21 bits per heavy atom. The lowest BCUT2D eigenvalue weighted by molar-refractivity contribution is -0.115. The van der Waals surface area contributed by atoms with Crippen molar-refractivity contribution in [3.8, 4) is 5.75 Å². The first kappa shape index (κ1) is 15.9. The van der Waals surface area contributed by atoms with E-state index < -0.39 is 0 Å². The van der Waals surface area contributed by atoms with Gasteiger partial charge in [-0.25, -0.2) is 4.99 Å². The van der Waals surface area contributed by atoms with Gasteiger partial charge >= 0.3 is 0 Å². The molecule has 0 radical (unpaired) electrons. The number of amides is 1. The van der Waals surface area contributed by atoms with E-state index >= 15 is 0 Å². The highest BCUT2D eigenvalue weighted by Crippen LogP contribution is 2.28. The molecule has 5 heteroatoms. The number of nitrogens with one attached hydrogen (secondary N) is 1. The van der Waals surface area contributed by atoms with Gasteiger partial charge in [-0.2, -0.15) is 0 Å². The summed E-state index contributed by atoms with van der Waals surface area (Å²) in [6, 6.07) is 11.3. The van der Waals surface area contributed by atoms with Crippen molar-refractivity contribution in [1.29, 1.82) is 0 Å². The number of rotatable bonds is 4. The Bertz CT molecular complexity index is 824. The van der Waals surface area contributed by atoms with E-state index in [4.69, 9.17) is 4.74 Å². The maximum Gasteiger partial charge on any atom is 0.275 e. The van der Waals surface area contributed by atoms with Crippen molar-refractivity contribution >= 4 is 17.8 Å². The monoisotopic (exact) mass is 321 g/mol. The van der Waals surface area contributed by atoms with Crippen molar-refractivity contribution in [2.75, 3.05) is 7.11 Å². The van der Waals surface area contributed by atoms with Crippen molar-refractivity contribution in [2.24, 2.45) is 4.99 Å². The molecule has 1 aliphatic rings. The second-order valence-electron chi connectivity index (χ2n) is 5.82. The Kier molecular flexibility index (Phi) is 4.42. The lowest BCUT2D eigenvalue weighted by atomic mass is 9.99. The van der Waals surface area contributed by atoms with Crippen molar-refractivity contribution in [3.05, 3.63) is 65.1 Å². The molecule has 0 saturated heterocycles. The molecule has 1 N–H and O–H groups in total. The molecule has 0 saturated carbocycles. The van der Waals surface area contributed by atoms with Crippen LogP contribution in [0.3, 0.4) is 0 Å². The maximum atomic E-state index is 12.2. The Morgan fingerprint density at radius 3 is 2.71 bits per heavy atom. The highest BCUT2D eigenvalue weighted by Gasteiger charge is 2.21. The van der Waals surface area contributed by atoms with Crippen LogP contribution in [0.5, 0.6) is 5.75 Å². The first-order valence-electron chi connectivity index (χ1n) is 7.79. The molecule has 2 aromatic rings. The lowest BCUT2D eigenvalue weighted by Gasteiger charge is -2.12. The second kappa shape index (κ2) is 6.66. The Balaban J connectivity index is 1.95. The summed E-state index contributed by atoms with van der Waals surface area (Å²) in [4.78, 5) is 20.7. The topological polar surface area (TPSA) is 63.6 Å². The van der Waals surface area contributed by atoms with E-state index in [1.54, 1.807) is 19.4 Å². The predicted molar refractivity (Wildman–Crippen MR) is 94.0 cm³/mol. The molecule has 3 rings (SSSR count). The number of pyridine rings is 1. The van der Waals surface area contributed by atoms with Gasteiger partial charge < -0.3 is 10.1 Å². The van der Waals surface area contributed by atoms with Gasteiger partial charge in [-0.15, -0.1) is 0 Å². The van der Waals surface area contributed by atoms with E-state index in [0.717, 1.165) is 16.9 Å². The number of aromatic nitrogens is 1. The number of carbonyl (C=O) groups excluding carboxylic acids is 1. The van der Waals surface area contributed by atoms with E-state index in [-0.39, 0.29) is 5.91 Å². The van der Waals surface area contributed by atoms with E-state index in [1.165, 1.54) is 0 Å². The third kappa shape index (κ3) is 3.20. The molecule has 0 unspecified atom stereocenters. The average molecular weight is 321 g/mol. The molecule has 0 fully saturated rings. The summed E-state index contributed by atoms with van der Waals surface area (Å²) in [5.41, 5.74) is 3.03. The summed E-state index contributed by atoms with van der Waals surface area (Å²) < 4.78 is 5.39. The Labute approximate surface area is 141 Å². The van der Waals surface area contributed by atoms with Gasteiger partial charge in [0.2, 0.25) is 0 Å². The minimum atomic E-state index is -0.224. The normalized spacial score (nSPS) is 15.6. The summed E-state index contributed by atoms with van der Waals surface area (Å²) in [5.74, 6) is 1.42. The van der Waals surface area contributed by atoms with Crippen LogP contribution in [0.2, 0.25) is 0 Å². The minimum absolute atomic E-state index is 0.224. The second-order valence-corrected chi connectivity index (χ2v) is 5.82. The van der Waals surface area contributed by atoms with Gasteiger partial charge in [-0.05, 0) is 47.4 Å². The molecule has 0 atom stereocenters. The minimum Gasteiger partial charge on any atom is -0.496 e. The molecule has 2 heterocycles. The molecular weight excluding hydrogens is 302 g/mol. The van der Waals surface area contributed by atoms with Crippen LogP contribution in [-0.4, -0.2) is 23.8 Å². The molecule has 1 aromatic heterocycles. The molecular formula is C19H19N3O2. The van der Waals surface area contributed by atoms with Gasteiger partial charge in [0.15, 0.2) is 5.84 Å². The fourth-order valence-electron chi connectivity index (χ4n) is 2.54. The average Bonchev–Trinajstić information content (AvgIpc) is 2.96. The van der Waals surface area contributed by atoms with E-state index in [0.29, 0.717) is 23.1 Å². The van der Waals surface area contributed by atoms with Crippen LogP contribution in [0.1, 0.15) is 36.6 Å².